The van der Waals surface area contributed by atoms with E-state index in [0.717, 1.165) is 0 Å². The second kappa shape index (κ2) is 9.41. The molecule has 0 aromatic heterocycles. The highest BCUT2D eigenvalue weighted by atomic mass is 35.5. The van der Waals surface area contributed by atoms with E-state index in [0.29, 0.717) is 11.4 Å². The number of benzene rings is 1. The van der Waals surface area contributed by atoms with E-state index in [1.807, 2.05) is 0 Å². The molecule has 9 nitrogen and oxygen atoms in total. The van der Waals surface area contributed by atoms with Crippen LogP contribution in [0.1, 0.15) is 20.3 Å². The van der Waals surface area contributed by atoms with E-state index in [2.05, 4.69) is 10.0 Å². The largest absolute Gasteiger partial charge is 0.454 e. The van der Waals surface area contributed by atoms with Crippen LogP contribution in [-0.2, 0) is 34.2 Å². The summed E-state index contributed by atoms with van der Waals surface area (Å²) in [5, 5.41) is 2.86. The van der Waals surface area contributed by atoms with Gasteiger partial charge in [-0.1, -0.05) is 25.4 Å². The Kier molecular flexibility index (Phi) is 7.66. The minimum Gasteiger partial charge on any atom is -0.454 e. The number of hydrogen-bond acceptors (Lipinski definition) is 7. The molecule has 12 heteroatoms. The molecule has 0 radical (unpaired) electrons. The van der Waals surface area contributed by atoms with Crippen molar-refractivity contribution in [2.24, 2.45) is 5.92 Å². The number of sulfonamides is 1. The average Bonchev–Trinajstić information content (AvgIpc) is 2.96. The standard InChI is InChI=1S/C17H23ClN2O7S2/c1-11(2)16(20-29(25,26)14-5-3-12(18)4-6-14)17(22)27-9-15(21)19-13-7-8-28(23,24)10-13/h3-6,11,13,16,20H,7-10H2,1-2H3,(H,19,21). The highest BCUT2D eigenvalue weighted by Crippen LogP contribution is 2.16. The fraction of sp³-hybridized carbons (Fsp3) is 0.529. The van der Waals surface area contributed by atoms with Crippen molar-refractivity contribution in [2.45, 2.75) is 37.2 Å². The van der Waals surface area contributed by atoms with Gasteiger partial charge in [0.1, 0.15) is 6.04 Å². The fourth-order valence-electron chi connectivity index (χ4n) is 2.71. The summed E-state index contributed by atoms with van der Waals surface area (Å²) in [4.78, 5) is 24.2. The van der Waals surface area contributed by atoms with Crippen LogP contribution in [0.3, 0.4) is 0 Å². The zero-order valence-corrected chi connectivity index (χ0v) is 18.3. The van der Waals surface area contributed by atoms with E-state index < -0.39 is 56.3 Å². The van der Waals surface area contributed by atoms with Gasteiger partial charge >= 0.3 is 5.97 Å². The third-order valence-electron chi connectivity index (χ3n) is 4.27. The number of nitrogens with one attached hydrogen (secondary N) is 2. The molecule has 1 saturated heterocycles. The molecule has 0 aliphatic carbocycles. The lowest BCUT2D eigenvalue weighted by Gasteiger charge is -2.21. The molecular formula is C17H23ClN2O7S2. The van der Waals surface area contributed by atoms with Crippen LogP contribution in [0.2, 0.25) is 5.02 Å². The Morgan fingerprint density at radius 1 is 1.24 bits per heavy atom. The predicted octanol–water partition coefficient (Wildman–Crippen LogP) is 0.489. The Morgan fingerprint density at radius 3 is 2.38 bits per heavy atom. The molecule has 1 aliphatic heterocycles. The predicted molar refractivity (Wildman–Crippen MR) is 107 cm³/mol. The van der Waals surface area contributed by atoms with Gasteiger partial charge in [0.2, 0.25) is 10.0 Å². The molecule has 1 aliphatic rings. The summed E-state index contributed by atoms with van der Waals surface area (Å²) in [6, 6.07) is 3.69. The molecule has 0 bridgehead atoms. The van der Waals surface area contributed by atoms with Gasteiger partial charge in [0.15, 0.2) is 16.4 Å². The number of carbonyl (C=O) groups excluding carboxylic acids is 2. The molecule has 1 heterocycles. The maximum Gasteiger partial charge on any atom is 0.324 e. The van der Waals surface area contributed by atoms with E-state index in [9.17, 15) is 26.4 Å². The molecule has 1 fully saturated rings. The summed E-state index contributed by atoms with van der Waals surface area (Å²) >= 11 is 5.76. The molecule has 1 aromatic carbocycles. The van der Waals surface area contributed by atoms with E-state index in [1.165, 1.54) is 24.3 Å². The van der Waals surface area contributed by atoms with E-state index in [1.54, 1.807) is 13.8 Å². The number of rotatable bonds is 8. The molecule has 0 spiro atoms. The van der Waals surface area contributed by atoms with Gasteiger partial charge in [0.25, 0.3) is 5.91 Å². The smallest absolute Gasteiger partial charge is 0.324 e. The van der Waals surface area contributed by atoms with Gasteiger partial charge in [0, 0.05) is 11.1 Å². The third kappa shape index (κ3) is 6.95. The van der Waals surface area contributed by atoms with E-state index in [-0.39, 0.29) is 16.4 Å². The molecule has 1 aromatic rings. The SMILES string of the molecule is CC(C)C(NS(=O)(=O)c1ccc(Cl)cc1)C(=O)OCC(=O)NC1CCS(=O)(=O)C1. The van der Waals surface area contributed by atoms with Gasteiger partial charge in [0.05, 0.1) is 16.4 Å². The number of amides is 1. The van der Waals surface area contributed by atoms with E-state index in [4.69, 9.17) is 16.3 Å². The van der Waals surface area contributed by atoms with Crippen LogP contribution in [0.25, 0.3) is 0 Å². The number of esters is 1. The molecule has 2 atom stereocenters. The third-order valence-corrected chi connectivity index (χ3v) is 7.75. The van der Waals surface area contributed by atoms with Crippen LogP contribution >= 0.6 is 11.6 Å². The second-order valence-corrected chi connectivity index (χ2v) is 11.5. The number of hydrogen-bond donors (Lipinski definition) is 2. The first-order chi connectivity index (χ1) is 13.4. The van der Waals surface area contributed by atoms with Crippen LogP contribution < -0.4 is 10.0 Å². The summed E-state index contributed by atoms with van der Waals surface area (Å²) in [5.41, 5.74) is 0. The Hall–Kier alpha value is -1.69. The van der Waals surface area contributed by atoms with Crippen LogP contribution in [0.5, 0.6) is 0 Å². The molecule has 2 N–H and O–H groups in total. The summed E-state index contributed by atoms with van der Waals surface area (Å²) in [6.45, 7) is 2.61. The molecule has 2 rings (SSSR count). The Bertz CT molecular complexity index is 960. The lowest BCUT2D eigenvalue weighted by Crippen LogP contribution is -2.46. The zero-order chi connectivity index (χ0) is 21.8. The van der Waals surface area contributed by atoms with Crippen molar-refractivity contribution in [1.29, 1.82) is 0 Å². The highest BCUT2D eigenvalue weighted by molar-refractivity contribution is 7.91. The lowest BCUT2D eigenvalue weighted by atomic mass is 10.1. The first-order valence-electron chi connectivity index (χ1n) is 8.84. The number of halogens is 1. The molecule has 2 unspecified atom stereocenters. The van der Waals surface area contributed by atoms with Crippen LogP contribution in [-0.4, -0.2) is 58.9 Å². The average molecular weight is 467 g/mol. The van der Waals surface area contributed by atoms with Crippen LogP contribution in [0, 0.1) is 5.92 Å². The van der Waals surface area contributed by atoms with Crippen molar-refractivity contribution in [3.05, 3.63) is 29.3 Å². The maximum atomic E-state index is 12.5. The van der Waals surface area contributed by atoms with Gasteiger partial charge in [-0.15, -0.1) is 0 Å². The van der Waals surface area contributed by atoms with Crippen molar-refractivity contribution in [3.63, 3.8) is 0 Å². The summed E-state index contributed by atoms with van der Waals surface area (Å²) in [6.07, 6.45) is 0.303. The highest BCUT2D eigenvalue weighted by Gasteiger charge is 2.31. The van der Waals surface area contributed by atoms with Gasteiger partial charge in [-0.2, -0.15) is 4.72 Å². The normalized spacial score (nSPS) is 19.7. The quantitative estimate of drug-likeness (QED) is 0.532. The van der Waals surface area contributed by atoms with Crippen LogP contribution in [0.4, 0.5) is 0 Å². The van der Waals surface area contributed by atoms with Gasteiger partial charge < -0.3 is 10.1 Å². The first-order valence-corrected chi connectivity index (χ1v) is 12.5. The minimum atomic E-state index is -4.01. The number of ether oxygens (including phenoxy) is 1. The van der Waals surface area contributed by atoms with Crippen molar-refractivity contribution in [2.75, 3.05) is 18.1 Å². The van der Waals surface area contributed by atoms with Gasteiger partial charge in [-0.05, 0) is 36.6 Å². The lowest BCUT2D eigenvalue weighted by molar-refractivity contribution is -0.151. The Balaban J connectivity index is 1.95. The van der Waals surface area contributed by atoms with Crippen molar-refractivity contribution >= 4 is 43.3 Å². The van der Waals surface area contributed by atoms with Crippen molar-refractivity contribution in [1.82, 2.24) is 10.0 Å². The fourth-order valence-corrected chi connectivity index (χ4v) is 5.84. The zero-order valence-electron chi connectivity index (χ0n) is 15.9. The monoisotopic (exact) mass is 466 g/mol. The number of sulfone groups is 1. The summed E-state index contributed by atoms with van der Waals surface area (Å²) in [5.74, 6) is -2.16. The first kappa shape index (κ1) is 23.6. The van der Waals surface area contributed by atoms with Gasteiger partial charge in [-0.3, -0.25) is 9.59 Å². The number of carbonyl (C=O) groups is 2. The second-order valence-electron chi connectivity index (χ2n) is 7.07. The Labute approximate surface area is 175 Å². The summed E-state index contributed by atoms with van der Waals surface area (Å²) < 4.78 is 55.0. The topological polar surface area (TPSA) is 136 Å². The Morgan fingerprint density at radius 2 is 1.86 bits per heavy atom. The molecule has 1 amide bonds. The minimum absolute atomic E-state index is 0.000362. The molecule has 162 valence electrons. The van der Waals surface area contributed by atoms with Gasteiger partial charge in [-0.25, -0.2) is 16.8 Å². The maximum absolute atomic E-state index is 12.5. The van der Waals surface area contributed by atoms with E-state index >= 15 is 0 Å². The van der Waals surface area contributed by atoms with Crippen molar-refractivity contribution < 1.29 is 31.2 Å². The van der Waals surface area contributed by atoms with Crippen molar-refractivity contribution in [3.8, 4) is 0 Å². The van der Waals surface area contributed by atoms with Crippen LogP contribution in [0.15, 0.2) is 29.2 Å². The molecule has 29 heavy (non-hydrogen) atoms. The summed E-state index contributed by atoms with van der Waals surface area (Å²) in [7, 11) is -7.17. The molecule has 0 saturated carbocycles. The molecular weight excluding hydrogens is 444 g/mol.